The van der Waals surface area contributed by atoms with Crippen molar-refractivity contribution in [3.63, 3.8) is 0 Å². The van der Waals surface area contributed by atoms with E-state index in [-0.39, 0.29) is 10.2 Å². The van der Waals surface area contributed by atoms with Gasteiger partial charge in [0, 0.05) is 0 Å². The molecule has 0 spiro atoms. The van der Waals surface area contributed by atoms with Gasteiger partial charge in [-0.05, 0) is 0 Å². The van der Waals surface area contributed by atoms with Gasteiger partial charge in [0.05, 0.1) is 0 Å². The molecule has 0 rings (SSSR count). The van der Waals surface area contributed by atoms with Gasteiger partial charge in [-0.1, -0.05) is 0 Å². The third kappa shape index (κ3) is 32800. The van der Waals surface area contributed by atoms with Gasteiger partial charge in [0.25, 0.3) is 0 Å². The number of hydrogen-bond acceptors (Lipinski definition) is 4. The summed E-state index contributed by atoms with van der Waals surface area (Å²) in [6.45, 7) is 0. The average Bonchev–Trinajstić information content (AvgIpc) is 0.722. The summed E-state index contributed by atoms with van der Waals surface area (Å²) >= 11 is 0. The molecule has 48 valence electrons. The standard InChI is InChI=1S/FH.H4O4Si.H2O/c;1-5(2,3)4;/h1H;1-4H;1H2. The van der Waals surface area contributed by atoms with Crippen molar-refractivity contribution in [2.24, 2.45) is 0 Å². The predicted molar refractivity (Wildman–Crippen MR) is 20.7 cm³/mol. The van der Waals surface area contributed by atoms with Crippen LogP contribution in [0.4, 0.5) is 4.70 Å². The largest absolute Gasteiger partial charge is 0.668 e. The van der Waals surface area contributed by atoms with E-state index < -0.39 is 9.05 Å². The van der Waals surface area contributed by atoms with E-state index in [2.05, 4.69) is 0 Å². The Kier molecular flexibility index (Phi) is 9.27. The molecule has 0 radical (unpaired) electrons. The van der Waals surface area contributed by atoms with Crippen molar-refractivity contribution in [3.05, 3.63) is 0 Å². The Morgan fingerprint density at radius 1 is 0.857 bits per heavy atom. The third-order valence-corrected chi connectivity index (χ3v) is 0. The number of halogens is 1. The number of rotatable bonds is 0. The van der Waals surface area contributed by atoms with Crippen LogP contribution >= 0.6 is 0 Å². The maximum atomic E-state index is 7.33. The zero-order chi connectivity index (χ0) is 4.50. The van der Waals surface area contributed by atoms with E-state index in [9.17, 15) is 0 Å². The van der Waals surface area contributed by atoms with Crippen molar-refractivity contribution in [2.75, 3.05) is 0 Å². The lowest BCUT2D eigenvalue weighted by Gasteiger charge is -1.91. The van der Waals surface area contributed by atoms with Gasteiger partial charge in [-0.25, -0.2) is 0 Å². The summed E-state index contributed by atoms with van der Waals surface area (Å²) in [7, 11) is -4.61. The highest BCUT2D eigenvalue weighted by molar-refractivity contribution is 6.46. The van der Waals surface area contributed by atoms with Crippen molar-refractivity contribution in [2.45, 2.75) is 0 Å². The van der Waals surface area contributed by atoms with Crippen LogP contribution in [0.25, 0.3) is 0 Å². The molecular weight excluding hydrogens is 127 g/mol. The van der Waals surface area contributed by atoms with E-state index in [1.807, 2.05) is 0 Å². The first kappa shape index (κ1) is 15.8. The highest BCUT2D eigenvalue weighted by Gasteiger charge is 2.22. The minimum atomic E-state index is -4.61. The lowest BCUT2D eigenvalue weighted by atomic mass is 15.7. The molecule has 7 heteroatoms. The smallest absolute Gasteiger partial charge is 0.412 e. The molecule has 0 bridgehead atoms. The summed E-state index contributed by atoms with van der Waals surface area (Å²) in [4.78, 5) is 29.3. The van der Waals surface area contributed by atoms with Gasteiger partial charge >= 0.3 is 9.05 Å². The zero-order valence-electron chi connectivity index (χ0n) is 3.20. The molecule has 0 fully saturated rings. The Hall–Kier alpha value is -0.0531. The lowest BCUT2D eigenvalue weighted by molar-refractivity contribution is 0.117. The molecule has 0 saturated heterocycles. The van der Waals surface area contributed by atoms with Gasteiger partial charge in [0.1, 0.15) is 0 Å². The van der Waals surface area contributed by atoms with Crippen molar-refractivity contribution in [3.8, 4) is 0 Å². The Balaban J connectivity index is -0.0000000800. The van der Waals surface area contributed by atoms with Gasteiger partial charge in [-0.15, -0.1) is 0 Å². The topological polar surface area (TPSA) is 112 Å². The van der Waals surface area contributed by atoms with Crippen molar-refractivity contribution in [1.29, 1.82) is 0 Å². The molecule has 0 aliphatic rings. The van der Waals surface area contributed by atoms with E-state index in [1.54, 1.807) is 0 Å². The monoisotopic (exact) mass is 134 g/mol. The van der Waals surface area contributed by atoms with E-state index in [0.717, 1.165) is 0 Å². The fraction of sp³-hybridized carbons (Fsp3) is 0. The van der Waals surface area contributed by atoms with Gasteiger partial charge in [-0.2, -0.15) is 0 Å². The highest BCUT2D eigenvalue weighted by atomic mass is 28.4. The highest BCUT2D eigenvalue weighted by Crippen LogP contribution is 1.67. The molecule has 7 heavy (non-hydrogen) atoms. The summed E-state index contributed by atoms with van der Waals surface area (Å²) < 4.78 is 0. The summed E-state index contributed by atoms with van der Waals surface area (Å²) in [5, 5.41) is 0. The SMILES string of the molecule is F.O.O[Si](O)(O)O. The Labute approximate surface area is 39.6 Å². The maximum absolute atomic E-state index is 7.33. The Bertz CT molecular complexity index is 23.6. The molecule has 0 heterocycles. The fourth-order valence-electron chi connectivity index (χ4n) is 0. The van der Waals surface area contributed by atoms with E-state index >= 15 is 0 Å². The first-order valence-corrected chi connectivity index (χ1v) is 2.68. The molecule has 0 aliphatic carbocycles. The number of hydrogen-bond donors (Lipinski definition) is 4. The van der Waals surface area contributed by atoms with Crippen molar-refractivity contribution in [1.82, 2.24) is 0 Å². The van der Waals surface area contributed by atoms with Crippen molar-refractivity contribution >= 4 is 9.05 Å². The molecule has 0 aromatic carbocycles. The second-order valence-electron chi connectivity index (χ2n) is 0.600. The molecule has 0 aliphatic heterocycles. The Morgan fingerprint density at radius 3 is 0.857 bits per heavy atom. The maximum Gasteiger partial charge on any atom is 0.668 e. The van der Waals surface area contributed by atoms with Crippen LogP contribution in [0.3, 0.4) is 0 Å². The summed E-state index contributed by atoms with van der Waals surface area (Å²) in [6, 6.07) is 0. The molecule has 0 aromatic heterocycles. The van der Waals surface area contributed by atoms with Crippen LogP contribution in [-0.2, 0) is 0 Å². The minimum Gasteiger partial charge on any atom is -0.412 e. The van der Waals surface area contributed by atoms with Gasteiger partial charge in [0.15, 0.2) is 0 Å². The molecule has 6 N–H and O–H groups in total. The predicted octanol–water partition coefficient (Wildman–Crippen LogP) is -3.28. The third-order valence-electron chi connectivity index (χ3n) is 0. The van der Waals surface area contributed by atoms with Crippen molar-refractivity contribution < 1.29 is 29.4 Å². The van der Waals surface area contributed by atoms with E-state index in [1.165, 1.54) is 0 Å². The van der Waals surface area contributed by atoms with Crippen LogP contribution in [0.15, 0.2) is 0 Å². The second-order valence-corrected chi connectivity index (χ2v) is 1.80. The molecule has 5 nitrogen and oxygen atoms in total. The van der Waals surface area contributed by atoms with Crippen LogP contribution in [0.1, 0.15) is 0 Å². The molecule has 0 aromatic rings. The quantitative estimate of drug-likeness (QED) is 0.260. The van der Waals surface area contributed by atoms with Gasteiger partial charge < -0.3 is 24.7 Å². The summed E-state index contributed by atoms with van der Waals surface area (Å²) in [5.74, 6) is 0. The average molecular weight is 134 g/mol. The molecule has 0 amide bonds. The van der Waals surface area contributed by atoms with Crippen LogP contribution in [0.5, 0.6) is 0 Å². The van der Waals surface area contributed by atoms with E-state index in [4.69, 9.17) is 19.2 Å². The van der Waals surface area contributed by atoms with Gasteiger partial charge in [-0.3, -0.25) is 4.70 Å². The van der Waals surface area contributed by atoms with E-state index in [0.29, 0.717) is 0 Å². The molecular formula is H7FO5Si. The summed E-state index contributed by atoms with van der Waals surface area (Å²) in [6.07, 6.45) is 0. The lowest BCUT2D eigenvalue weighted by Crippen LogP contribution is -2.33. The Morgan fingerprint density at radius 2 is 0.857 bits per heavy atom. The van der Waals surface area contributed by atoms with Gasteiger partial charge in [0.2, 0.25) is 0 Å². The summed E-state index contributed by atoms with van der Waals surface area (Å²) in [5.41, 5.74) is 0. The first-order valence-electron chi connectivity index (χ1n) is 0.894. The van der Waals surface area contributed by atoms with Crippen LogP contribution < -0.4 is 0 Å². The molecule has 0 atom stereocenters. The zero-order valence-corrected chi connectivity index (χ0v) is 4.20. The molecule has 0 saturated carbocycles. The normalized spacial score (nSPS) is 8.57. The first-order chi connectivity index (χ1) is 2.00. The van der Waals surface area contributed by atoms with Crippen LogP contribution in [-0.4, -0.2) is 33.7 Å². The second kappa shape index (κ2) is 4.12. The molecule has 0 unspecified atom stereocenters. The van der Waals surface area contributed by atoms with Crippen LogP contribution in [0, 0.1) is 0 Å². The van der Waals surface area contributed by atoms with Crippen LogP contribution in [0.2, 0.25) is 0 Å². The fourth-order valence-corrected chi connectivity index (χ4v) is 0. The minimum absolute atomic E-state index is 0.